The van der Waals surface area contributed by atoms with Crippen LogP contribution in [0.1, 0.15) is 12.8 Å². The van der Waals surface area contributed by atoms with Crippen molar-refractivity contribution in [2.45, 2.75) is 37.3 Å². The van der Waals surface area contributed by atoms with Crippen molar-refractivity contribution in [2.75, 3.05) is 79.3 Å². The molecule has 4 fully saturated rings. The molecule has 0 amide bonds. The quantitative estimate of drug-likeness (QED) is 0.283. The molecule has 8 nitrogen and oxygen atoms in total. The van der Waals surface area contributed by atoms with E-state index in [9.17, 15) is 0 Å². The zero-order chi connectivity index (χ0) is 17.9. The van der Waals surface area contributed by atoms with Gasteiger partial charge in [0.15, 0.2) is 0 Å². The molecular weight excluding hydrogens is 344 g/mol. The first-order valence-corrected chi connectivity index (χ1v) is 9.67. The van der Waals surface area contributed by atoms with Gasteiger partial charge in [-0.3, -0.25) is 0 Å². The summed E-state index contributed by atoms with van der Waals surface area (Å²) in [7, 11) is 0. The molecule has 4 aliphatic heterocycles. The normalized spacial score (nSPS) is 30.5. The van der Waals surface area contributed by atoms with E-state index in [0.717, 1.165) is 92.1 Å². The third kappa shape index (κ3) is 12.1. The number of hydrogen-bond donors (Lipinski definition) is 0. The van der Waals surface area contributed by atoms with Crippen molar-refractivity contribution in [2.24, 2.45) is 0 Å². The molecule has 4 unspecified atom stereocenters. The number of epoxide rings is 4. The lowest BCUT2D eigenvalue weighted by molar-refractivity contribution is 0.0697. The van der Waals surface area contributed by atoms with Crippen LogP contribution in [-0.4, -0.2) is 104 Å². The molecule has 0 aromatic rings. The van der Waals surface area contributed by atoms with Crippen LogP contribution in [0.5, 0.6) is 0 Å². The van der Waals surface area contributed by atoms with E-state index in [2.05, 4.69) is 0 Å². The smallest absolute Gasteiger partial charge is 0.104 e. The lowest BCUT2D eigenvalue weighted by atomic mass is 10.4. The van der Waals surface area contributed by atoms with Gasteiger partial charge in [-0.1, -0.05) is 0 Å². The second-order valence-corrected chi connectivity index (χ2v) is 6.83. The fourth-order valence-electron chi connectivity index (χ4n) is 2.04. The molecule has 0 spiro atoms. The molecule has 26 heavy (non-hydrogen) atoms. The van der Waals surface area contributed by atoms with Crippen LogP contribution in [0.25, 0.3) is 0 Å². The summed E-state index contributed by atoms with van der Waals surface area (Å²) >= 11 is 0. The van der Waals surface area contributed by atoms with Gasteiger partial charge in [0.05, 0.1) is 52.9 Å². The molecule has 0 bridgehead atoms. The first-order valence-electron chi connectivity index (χ1n) is 9.67. The average Bonchev–Trinajstić information content (AvgIpc) is 3.47. The van der Waals surface area contributed by atoms with Crippen LogP contribution in [0.15, 0.2) is 0 Å². The van der Waals surface area contributed by atoms with Crippen LogP contribution in [-0.2, 0) is 37.9 Å². The summed E-state index contributed by atoms with van der Waals surface area (Å²) in [6.07, 6.45) is 3.42. The van der Waals surface area contributed by atoms with Gasteiger partial charge in [0.25, 0.3) is 0 Å². The third-order valence-corrected chi connectivity index (χ3v) is 3.98. The lowest BCUT2D eigenvalue weighted by Crippen LogP contribution is -2.07. The van der Waals surface area contributed by atoms with Crippen molar-refractivity contribution in [3.05, 3.63) is 0 Å². The van der Waals surface area contributed by atoms with Gasteiger partial charge in [0.1, 0.15) is 24.4 Å². The lowest BCUT2D eigenvalue weighted by Gasteiger charge is -2.02. The van der Waals surface area contributed by atoms with Crippen LogP contribution < -0.4 is 0 Å². The maximum absolute atomic E-state index is 5.34. The average molecular weight is 376 g/mol. The molecule has 4 rings (SSSR count). The second kappa shape index (κ2) is 12.2. The highest BCUT2D eigenvalue weighted by molar-refractivity contribution is 4.68. The van der Waals surface area contributed by atoms with Gasteiger partial charge in [-0.2, -0.15) is 0 Å². The van der Waals surface area contributed by atoms with Crippen LogP contribution in [0, 0.1) is 0 Å². The maximum atomic E-state index is 5.34. The minimum atomic E-state index is 0.376. The Morgan fingerprint density at radius 1 is 0.462 bits per heavy atom. The number of ether oxygens (including phenoxy) is 8. The van der Waals surface area contributed by atoms with Gasteiger partial charge in [-0.05, 0) is 12.8 Å². The molecule has 0 aromatic heterocycles. The second-order valence-electron chi connectivity index (χ2n) is 6.83. The topological polar surface area (TPSA) is 87.0 Å². The Labute approximate surface area is 155 Å². The summed E-state index contributed by atoms with van der Waals surface area (Å²) in [4.78, 5) is 0. The van der Waals surface area contributed by atoms with Gasteiger partial charge < -0.3 is 37.9 Å². The van der Waals surface area contributed by atoms with Crippen molar-refractivity contribution in [1.82, 2.24) is 0 Å². The van der Waals surface area contributed by atoms with E-state index < -0.39 is 0 Å². The third-order valence-electron chi connectivity index (χ3n) is 3.98. The van der Waals surface area contributed by atoms with Crippen LogP contribution in [0.2, 0.25) is 0 Å². The summed E-state index contributed by atoms with van der Waals surface area (Å²) in [5.41, 5.74) is 0. The van der Waals surface area contributed by atoms with E-state index in [1.165, 1.54) is 0 Å². The highest BCUT2D eigenvalue weighted by atomic mass is 16.6. The molecule has 0 saturated carbocycles. The SMILES string of the molecule is C(COCC1CO1)COCC1CO1.C(COCC1CO1)COCC1CO1. The highest BCUT2D eigenvalue weighted by Crippen LogP contribution is 2.10. The van der Waals surface area contributed by atoms with Crippen molar-refractivity contribution in [3.8, 4) is 0 Å². The summed E-state index contributed by atoms with van der Waals surface area (Å²) in [5.74, 6) is 0. The molecule has 8 heteroatoms. The molecule has 152 valence electrons. The zero-order valence-corrected chi connectivity index (χ0v) is 15.5. The van der Waals surface area contributed by atoms with E-state index in [-0.39, 0.29) is 0 Å². The van der Waals surface area contributed by atoms with E-state index in [1.807, 2.05) is 0 Å². The Morgan fingerprint density at radius 3 is 0.885 bits per heavy atom. The fourth-order valence-corrected chi connectivity index (χ4v) is 2.04. The monoisotopic (exact) mass is 376 g/mol. The highest BCUT2D eigenvalue weighted by Gasteiger charge is 2.24. The number of hydrogen-bond acceptors (Lipinski definition) is 8. The van der Waals surface area contributed by atoms with Gasteiger partial charge >= 0.3 is 0 Å². The Hall–Kier alpha value is -0.320. The number of rotatable bonds is 16. The van der Waals surface area contributed by atoms with Crippen molar-refractivity contribution in [3.63, 3.8) is 0 Å². The fraction of sp³-hybridized carbons (Fsp3) is 1.00. The molecule has 0 aliphatic carbocycles. The molecule has 4 heterocycles. The predicted octanol–water partition coefficient (Wildman–Crippen LogP) is 0.415. The molecule has 4 saturated heterocycles. The van der Waals surface area contributed by atoms with Gasteiger partial charge in [-0.15, -0.1) is 0 Å². The van der Waals surface area contributed by atoms with E-state index in [0.29, 0.717) is 24.4 Å². The molecule has 4 aliphatic rings. The van der Waals surface area contributed by atoms with E-state index in [4.69, 9.17) is 37.9 Å². The van der Waals surface area contributed by atoms with E-state index in [1.54, 1.807) is 0 Å². The summed E-state index contributed by atoms with van der Waals surface area (Å²) in [6.45, 7) is 9.53. The Kier molecular flexibility index (Phi) is 9.58. The van der Waals surface area contributed by atoms with Crippen molar-refractivity contribution >= 4 is 0 Å². The van der Waals surface area contributed by atoms with E-state index >= 15 is 0 Å². The largest absolute Gasteiger partial charge is 0.379 e. The predicted molar refractivity (Wildman–Crippen MR) is 91.5 cm³/mol. The molecule has 0 aromatic carbocycles. The Bertz CT molecular complexity index is 287. The summed E-state index contributed by atoms with van der Waals surface area (Å²) in [6, 6.07) is 0. The van der Waals surface area contributed by atoms with Crippen LogP contribution >= 0.6 is 0 Å². The summed E-state index contributed by atoms with van der Waals surface area (Å²) in [5, 5.41) is 0. The minimum absolute atomic E-state index is 0.376. The van der Waals surface area contributed by atoms with Gasteiger partial charge in [0.2, 0.25) is 0 Å². The minimum Gasteiger partial charge on any atom is -0.379 e. The molecule has 0 N–H and O–H groups in total. The maximum Gasteiger partial charge on any atom is 0.104 e. The Balaban J connectivity index is 0.000000151. The summed E-state index contributed by atoms with van der Waals surface area (Å²) < 4.78 is 41.4. The van der Waals surface area contributed by atoms with Gasteiger partial charge in [-0.25, -0.2) is 0 Å². The first-order chi connectivity index (χ1) is 12.9. The molecular formula is C18H32O8. The molecule has 4 atom stereocenters. The van der Waals surface area contributed by atoms with Crippen LogP contribution in [0.4, 0.5) is 0 Å². The standard InChI is InChI=1S/2C9H16O4/c2*1(2-10-4-8-6-12-8)3-11-5-9-7-13-9/h2*8-9H,1-7H2. The van der Waals surface area contributed by atoms with Crippen LogP contribution in [0.3, 0.4) is 0 Å². The Morgan fingerprint density at radius 2 is 0.692 bits per heavy atom. The van der Waals surface area contributed by atoms with Gasteiger partial charge in [0, 0.05) is 26.4 Å². The van der Waals surface area contributed by atoms with Crippen molar-refractivity contribution < 1.29 is 37.9 Å². The van der Waals surface area contributed by atoms with Crippen molar-refractivity contribution in [1.29, 1.82) is 0 Å². The molecule has 0 radical (unpaired) electrons. The zero-order valence-electron chi connectivity index (χ0n) is 15.5. The first kappa shape index (κ1) is 20.4.